The van der Waals surface area contributed by atoms with E-state index in [1.165, 1.54) is 4.90 Å². The molecular formula is C15H25F3N2O3. The number of rotatable bonds is 4. The predicted molar refractivity (Wildman–Crippen MR) is 78.9 cm³/mol. The van der Waals surface area contributed by atoms with Crippen LogP contribution in [-0.2, 0) is 9.53 Å². The number of hydrogen-bond acceptors (Lipinski definition) is 3. The van der Waals surface area contributed by atoms with Crippen LogP contribution >= 0.6 is 0 Å². The number of nitrogens with zero attached hydrogens (tertiary/aromatic N) is 2. The first-order valence-corrected chi connectivity index (χ1v) is 7.77. The van der Waals surface area contributed by atoms with Gasteiger partial charge >= 0.3 is 12.3 Å². The summed E-state index contributed by atoms with van der Waals surface area (Å²) >= 11 is 0. The van der Waals surface area contributed by atoms with Gasteiger partial charge in [0.05, 0.1) is 6.04 Å². The first kappa shape index (κ1) is 19.6. The van der Waals surface area contributed by atoms with Crippen LogP contribution in [0, 0.1) is 0 Å². The van der Waals surface area contributed by atoms with E-state index in [1.54, 1.807) is 20.8 Å². The average molecular weight is 338 g/mol. The van der Waals surface area contributed by atoms with Gasteiger partial charge in [-0.3, -0.25) is 9.69 Å². The molecule has 1 aliphatic rings. The highest BCUT2D eigenvalue weighted by Crippen LogP contribution is 2.23. The van der Waals surface area contributed by atoms with Crippen molar-refractivity contribution in [3.63, 3.8) is 0 Å². The van der Waals surface area contributed by atoms with Gasteiger partial charge in [-0.25, -0.2) is 4.79 Å². The van der Waals surface area contributed by atoms with Crippen LogP contribution in [0.5, 0.6) is 0 Å². The fraction of sp³-hybridized carbons (Fsp3) is 0.867. The van der Waals surface area contributed by atoms with E-state index >= 15 is 0 Å². The number of carbonyl (C=O) groups excluding carboxylic acids is 2. The molecule has 23 heavy (non-hydrogen) atoms. The Kier molecular flexibility index (Phi) is 6.30. The van der Waals surface area contributed by atoms with Gasteiger partial charge in [0.1, 0.15) is 18.7 Å². The molecule has 0 aromatic heterocycles. The van der Waals surface area contributed by atoms with Crippen molar-refractivity contribution in [2.75, 3.05) is 19.6 Å². The second-order valence-electron chi connectivity index (χ2n) is 6.79. The van der Waals surface area contributed by atoms with Crippen molar-refractivity contribution >= 4 is 12.0 Å². The van der Waals surface area contributed by atoms with Crippen molar-refractivity contribution in [1.82, 2.24) is 9.80 Å². The predicted octanol–water partition coefficient (Wildman–Crippen LogP) is 3.19. The molecule has 134 valence electrons. The largest absolute Gasteiger partial charge is 0.444 e. The summed E-state index contributed by atoms with van der Waals surface area (Å²) in [5, 5.41) is 0. The van der Waals surface area contributed by atoms with E-state index in [0.29, 0.717) is 6.42 Å². The molecule has 5 nitrogen and oxygen atoms in total. The highest BCUT2D eigenvalue weighted by atomic mass is 19.4. The van der Waals surface area contributed by atoms with Crippen LogP contribution in [0.15, 0.2) is 0 Å². The molecule has 0 aromatic rings. The number of hydrogen-bond donors (Lipinski definition) is 0. The maximum Gasteiger partial charge on any atom is 0.411 e. The lowest BCUT2D eigenvalue weighted by molar-refractivity contribution is -0.167. The van der Waals surface area contributed by atoms with Gasteiger partial charge in [-0.05, 0) is 27.2 Å². The summed E-state index contributed by atoms with van der Waals surface area (Å²) in [6, 6.07) is -0.454. The smallest absolute Gasteiger partial charge is 0.411 e. The summed E-state index contributed by atoms with van der Waals surface area (Å²) < 4.78 is 43.0. The number of amides is 2. The zero-order chi connectivity index (χ0) is 17.8. The fourth-order valence-electron chi connectivity index (χ4n) is 2.42. The molecule has 0 N–H and O–H groups in total. The lowest BCUT2D eigenvalue weighted by atomic mass is 10.1. The third kappa shape index (κ3) is 6.66. The molecule has 1 aliphatic heterocycles. The van der Waals surface area contributed by atoms with E-state index in [1.807, 2.05) is 6.92 Å². The summed E-state index contributed by atoms with van der Waals surface area (Å²) in [5.41, 5.74) is -0.724. The van der Waals surface area contributed by atoms with Crippen molar-refractivity contribution in [1.29, 1.82) is 0 Å². The molecule has 1 heterocycles. The Bertz CT molecular complexity index is 433. The second kappa shape index (κ2) is 7.40. The molecule has 2 amide bonds. The Morgan fingerprint density at radius 3 is 2.39 bits per heavy atom. The standard InChI is InChI=1S/C15H25F3N2O3/c1-5-6-7-11-8-19(10-15(16,17)18)12(21)9-20(11)13(22)23-14(2,3)4/h11H,5-10H2,1-4H3. The minimum atomic E-state index is -4.45. The van der Waals surface area contributed by atoms with Gasteiger partial charge < -0.3 is 9.64 Å². The molecule has 0 spiro atoms. The topological polar surface area (TPSA) is 49.9 Å². The zero-order valence-corrected chi connectivity index (χ0v) is 14.1. The van der Waals surface area contributed by atoms with E-state index in [0.717, 1.165) is 17.7 Å². The van der Waals surface area contributed by atoms with Gasteiger partial charge in [0.25, 0.3) is 0 Å². The van der Waals surface area contributed by atoms with Crippen LogP contribution in [0.4, 0.5) is 18.0 Å². The molecule has 1 fully saturated rings. The minimum Gasteiger partial charge on any atom is -0.444 e. The molecule has 0 aliphatic carbocycles. The molecule has 1 rings (SSSR count). The van der Waals surface area contributed by atoms with Crippen LogP contribution in [0.1, 0.15) is 47.0 Å². The van der Waals surface area contributed by atoms with E-state index in [4.69, 9.17) is 4.74 Å². The van der Waals surface area contributed by atoms with Gasteiger partial charge in [0, 0.05) is 6.54 Å². The van der Waals surface area contributed by atoms with Crippen molar-refractivity contribution in [2.24, 2.45) is 0 Å². The molecule has 8 heteroatoms. The minimum absolute atomic E-state index is 0.114. The Morgan fingerprint density at radius 1 is 1.30 bits per heavy atom. The number of alkyl halides is 3. The third-order valence-electron chi connectivity index (χ3n) is 3.42. The summed E-state index contributed by atoms with van der Waals surface area (Å²) in [4.78, 5) is 26.2. The van der Waals surface area contributed by atoms with E-state index in [9.17, 15) is 22.8 Å². The molecule has 1 saturated heterocycles. The highest BCUT2D eigenvalue weighted by molar-refractivity contribution is 5.84. The second-order valence-corrected chi connectivity index (χ2v) is 6.79. The normalized spacial score (nSPS) is 20.0. The lowest BCUT2D eigenvalue weighted by Crippen LogP contribution is -2.60. The summed E-state index contributed by atoms with van der Waals surface area (Å²) in [6.45, 7) is 5.29. The SMILES string of the molecule is CCCCC1CN(CC(F)(F)F)C(=O)CN1C(=O)OC(C)(C)C. The van der Waals surface area contributed by atoms with E-state index in [-0.39, 0.29) is 13.1 Å². The molecular weight excluding hydrogens is 313 g/mol. The van der Waals surface area contributed by atoms with Gasteiger partial charge in [-0.1, -0.05) is 19.8 Å². The molecule has 1 unspecified atom stereocenters. The monoisotopic (exact) mass is 338 g/mol. The molecule has 0 bridgehead atoms. The maximum absolute atomic E-state index is 12.6. The van der Waals surface area contributed by atoms with Crippen LogP contribution in [-0.4, -0.2) is 59.3 Å². The lowest BCUT2D eigenvalue weighted by Gasteiger charge is -2.41. The first-order valence-electron chi connectivity index (χ1n) is 7.77. The first-order chi connectivity index (χ1) is 10.4. The van der Waals surface area contributed by atoms with Crippen LogP contribution in [0.3, 0.4) is 0 Å². The van der Waals surface area contributed by atoms with Crippen LogP contribution < -0.4 is 0 Å². The number of unbranched alkanes of at least 4 members (excludes halogenated alkanes) is 1. The maximum atomic E-state index is 12.6. The number of ether oxygens (including phenoxy) is 1. The Morgan fingerprint density at radius 2 is 1.91 bits per heavy atom. The van der Waals surface area contributed by atoms with Gasteiger partial charge in [-0.15, -0.1) is 0 Å². The van der Waals surface area contributed by atoms with Crippen LogP contribution in [0.2, 0.25) is 0 Å². The van der Waals surface area contributed by atoms with Gasteiger partial charge in [0.15, 0.2) is 0 Å². The zero-order valence-electron chi connectivity index (χ0n) is 14.1. The van der Waals surface area contributed by atoms with Crippen LogP contribution in [0.25, 0.3) is 0 Å². The fourth-order valence-corrected chi connectivity index (χ4v) is 2.42. The van der Waals surface area contributed by atoms with Crippen molar-refractivity contribution in [2.45, 2.75) is 64.8 Å². The van der Waals surface area contributed by atoms with E-state index in [2.05, 4.69) is 0 Å². The quantitative estimate of drug-likeness (QED) is 0.791. The average Bonchev–Trinajstić information content (AvgIpc) is 2.35. The molecule has 0 aromatic carbocycles. The van der Waals surface area contributed by atoms with Gasteiger partial charge in [0.2, 0.25) is 5.91 Å². The number of piperazine rings is 1. The van der Waals surface area contributed by atoms with Crippen molar-refractivity contribution in [3.05, 3.63) is 0 Å². The highest BCUT2D eigenvalue weighted by Gasteiger charge is 2.41. The van der Waals surface area contributed by atoms with Gasteiger partial charge in [-0.2, -0.15) is 13.2 Å². The van der Waals surface area contributed by atoms with Crippen molar-refractivity contribution < 1.29 is 27.5 Å². The summed E-state index contributed by atoms with van der Waals surface area (Å²) in [5.74, 6) is -0.707. The summed E-state index contributed by atoms with van der Waals surface area (Å²) in [7, 11) is 0. The van der Waals surface area contributed by atoms with E-state index < -0.39 is 36.4 Å². The molecule has 0 saturated carbocycles. The molecule has 0 radical (unpaired) electrons. The number of halogens is 3. The summed E-state index contributed by atoms with van der Waals surface area (Å²) in [6.07, 6.45) is -2.95. The Labute approximate surface area is 134 Å². The Hall–Kier alpha value is -1.47. The molecule has 1 atom stereocenters. The van der Waals surface area contributed by atoms with Crippen molar-refractivity contribution in [3.8, 4) is 0 Å². The Balaban J connectivity index is 2.85. The number of carbonyl (C=O) groups is 2. The third-order valence-corrected chi connectivity index (χ3v) is 3.42.